The van der Waals surface area contributed by atoms with Gasteiger partial charge < -0.3 is 5.32 Å². The number of amides is 1. The van der Waals surface area contributed by atoms with Crippen molar-refractivity contribution in [1.82, 2.24) is 9.38 Å². The summed E-state index contributed by atoms with van der Waals surface area (Å²) in [6.45, 7) is 10.4. The zero-order chi connectivity index (χ0) is 21.3. The number of halogens is 2. The molecule has 1 aromatic carbocycles. The molecular weight excluding hydrogens is 372 g/mol. The second kappa shape index (κ2) is 7.93. The quantitative estimate of drug-likeness (QED) is 0.573. The Kier molecular flexibility index (Phi) is 5.73. The Morgan fingerprint density at radius 3 is 2.66 bits per heavy atom. The molecule has 2 aromatic heterocycles. The lowest BCUT2D eigenvalue weighted by Gasteiger charge is -2.22. The van der Waals surface area contributed by atoms with E-state index in [1.807, 2.05) is 26.0 Å². The maximum Gasteiger partial charge on any atom is 0.225 e. The minimum atomic E-state index is -0.982. The van der Waals surface area contributed by atoms with Crippen LogP contribution in [0.15, 0.2) is 36.5 Å². The second-order valence-corrected chi connectivity index (χ2v) is 8.96. The monoisotopic (exact) mass is 399 g/mol. The summed E-state index contributed by atoms with van der Waals surface area (Å²) in [5, 5.41) is 2.89. The first-order valence-electron chi connectivity index (χ1n) is 9.78. The number of fused-ring (bicyclic) bond motifs is 1. The van der Waals surface area contributed by atoms with Crippen molar-refractivity contribution >= 4 is 17.4 Å². The van der Waals surface area contributed by atoms with Gasteiger partial charge in [0.1, 0.15) is 17.2 Å². The molecule has 0 saturated carbocycles. The van der Waals surface area contributed by atoms with Crippen molar-refractivity contribution in [2.24, 2.45) is 11.3 Å². The summed E-state index contributed by atoms with van der Waals surface area (Å²) in [7, 11) is 0. The fraction of sp³-hybridized carbons (Fsp3) is 0.391. The van der Waals surface area contributed by atoms with Gasteiger partial charge in [-0.05, 0) is 54.5 Å². The van der Waals surface area contributed by atoms with E-state index in [0.29, 0.717) is 17.9 Å². The smallest absolute Gasteiger partial charge is 0.225 e. The van der Waals surface area contributed by atoms with Crippen LogP contribution in [0.25, 0.3) is 16.9 Å². The number of nitrogens with zero attached hydrogens (tertiary/aromatic N) is 2. The molecule has 0 unspecified atom stereocenters. The number of aromatic nitrogens is 2. The molecule has 0 saturated heterocycles. The van der Waals surface area contributed by atoms with E-state index >= 15 is 0 Å². The zero-order valence-electron chi connectivity index (χ0n) is 17.5. The first-order chi connectivity index (χ1) is 13.5. The Morgan fingerprint density at radius 1 is 1.24 bits per heavy atom. The number of pyridine rings is 1. The molecule has 0 bridgehead atoms. The van der Waals surface area contributed by atoms with Crippen LogP contribution in [0.2, 0.25) is 0 Å². The number of carbonyl (C=O) groups is 1. The van der Waals surface area contributed by atoms with Crippen molar-refractivity contribution < 1.29 is 13.6 Å². The molecule has 4 nitrogen and oxygen atoms in total. The van der Waals surface area contributed by atoms with Crippen molar-refractivity contribution in [1.29, 1.82) is 0 Å². The molecule has 154 valence electrons. The summed E-state index contributed by atoms with van der Waals surface area (Å²) in [5.41, 5.74) is 1.89. The third kappa shape index (κ3) is 4.81. The molecule has 0 aliphatic carbocycles. The first kappa shape index (κ1) is 21.0. The van der Waals surface area contributed by atoms with Crippen molar-refractivity contribution in [2.45, 2.75) is 47.5 Å². The maximum absolute atomic E-state index is 14.5. The van der Waals surface area contributed by atoms with Gasteiger partial charge in [-0.1, -0.05) is 33.8 Å². The molecule has 0 fully saturated rings. The molecule has 1 amide bonds. The van der Waals surface area contributed by atoms with Crippen LogP contribution in [-0.4, -0.2) is 15.3 Å². The Bertz CT molecular complexity index is 1050. The number of anilines is 1. The minimum absolute atomic E-state index is 0.0180. The number of benzene rings is 1. The lowest BCUT2D eigenvalue weighted by Crippen LogP contribution is -2.20. The van der Waals surface area contributed by atoms with Crippen molar-refractivity contribution in [3.8, 4) is 11.3 Å². The summed E-state index contributed by atoms with van der Waals surface area (Å²) >= 11 is 0. The van der Waals surface area contributed by atoms with Crippen LogP contribution in [0, 0.1) is 29.9 Å². The zero-order valence-corrected chi connectivity index (χ0v) is 17.5. The second-order valence-electron chi connectivity index (χ2n) is 8.96. The molecular formula is C23H27F2N3O. The molecule has 3 aromatic rings. The van der Waals surface area contributed by atoms with Gasteiger partial charge in [-0.25, -0.2) is 13.8 Å². The van der Waals surface area contributed by atoms with Crippen LogP contribution < -0.4 is 5.32 Å². The molecule has 2 heterocycles. The van der Waals surface area contributed by atoms with Crippen LogP contribution >= 0.6 is 0 Å². The van der Waals surface area contributed by atoms with E-state index in [9.17, 15) is 13.6 Å². The predicted octanol–water partition coefficient (Wildman–Crippen LogP) is 5.99. The Morgan fingerprint density at radius 2 is 1.97 bits per heavy atom. The average Bonchev–Trinajstić information content (AvgIpc) is 2.92. The van der Waals surface area contributed by atoms with E-state index in [2.05, 4.69) is 31.1 Å². The summed E-state index contributed by atoms with van der Waals surface area (Å²) in [4.78, 5) is 17.2. The highest BCUT2D eigenvalue weighted by Crippen LogP contribution is 2.32. The van der Waals surface area contributed by atoms with Gasteiger partial charge in [0, 0.05) is 18.2 Å². The number of rotatable bonds is 5. The number of imidazole rings is 1. The van der Waals surface area contributed by atoms with Crippen LogP contribution in [0.4, 0.5) is 14.6 Å². The normalized spacial score (nSPS) is 12.9. The highest BCUT2D eigenvalue weighted by Gasteiger charge is 2.22. The van der Waals surface area contributed by atoms with E-state index in [1.165, 1.54) is 12.1 Å². The molecule has 0 radical (unpaired) electrons. The van der Waals surface area contributed by atoms with E-state index in [4.69, 9.17) is 0 Å². The van der Waals surface area contributed by atoms with Crippen LogP contribution in [0.3, 0.4) is 0 Å². The van der Waals surface area contributed by atoms with E-state index in [1.54, 1.807) is 10.6 Å². The number of hydrogen-bond acceptors (Lipinski definition) is 2. The van der Waals surface area contributed by atoms with Crippen LogP contribution in [0.5, 0.6) is 0 Å². The van der Waals surface area contributed by atoms with Crippen molar-refractivity contribution in [3.05, 3.63) is 53.7 Å². The number of aryl methyl sites for hydroxylation is 1. The van der Waals surface area contributed by atoms with Gasteiger partial charge in [0.2, 0.25) is 5.91 Å². The Labute approximate surface area is 170 Å². The summed E-state index contributed by atoms with van der Waals surface area (Å²) < 4.78 is 30.0. The molecule has 0 spiro atoms. The van der Waals surface area contributed by atoms with Crippen molar-refractivity contribution in [2.75, 3.05) is 5.32 Å². The lowest BCUT2D eigenvalue weighted by atomic mass is 9.84. The predicted molar refractivity (Wildman–Crippen MR) is 112 cm³/mol. The summed E-state index contributed by atoms with van der Waals surface area (Å²) in [6.07, 6.45) is 3.01. The van der Waals surface area contributed by atoms with Crippen molar-refractivity contribution in [3.63, 3.8) is 0 Å². The van der Waals surface area contributed by atoms with E-state index in [-0.39, 0.29) is 28.5 Å². The molecule has 1 atom stereocenters. The van der Waals surface area contributed by atoms with Gasteiger partial charge in [-0.15, -0.1) is 0 Å². The summed E-state index contributed by atoms with van der Waals surface area (Å²) in [5.74, 6) is -1.58. The SMILES string of the molecule is Cc1ccn2c(NC(=O)C[C@@H](C)CC(C)(C)C)c(-c3cccc(F)c3F)nc2c1. The topological polar surface area (TPSA) is 46.4 Å². The highest BCUT2D eigenvalue weighted by atomic mass is 19.2. The Balaban J connectivity index is 2.00. The number of nitrogens with one attached hydrogen (secondary N) is 1. The largest absolute Gasteiger partial charge is 0.310 e. The first-order valence-corrected chi connectivity index (χ1v) is 9.78. The number of carbonyl (C=O) groups excluding carboxylic acids is 1. The van der Waals surface area contributed by atoms with E-state index < -0.39 is 11.6 Å². The van der Waals surface area contributed by atoms with Gasteiger partial charge in [0.05, 0.1) is 0 Å². The van der Waals surface area contributed by atoms with E-state index in [0.717, 1.165) is 18.1 Å². The fourth-order valence-corrected chi connectivity index (χ4v) is 3.76. The molecule has 3 rings (SSSR count). The van der Waals surface area contributed by atoms with Gasteiger partial charge in [0.15, 0.2) is 11.6 Å². The molecule has 0 aliphatic rings. The minimum Gasteiger partial charge on any atom is -0.310 e. The standard InChI is InChI=1S/C23H27F2N3O/c1-14-9-10-28-18(11-14)26-21(16-7-6-8-17(24)20(16)25)22(28)27-19(29)12-15(2)13-23(3,4)5/h6-11,15H,12-13H2,1-5H3,(H,27,29)/t15-/m1/s1. The molecule has 0 aliphatic heterocycles. The molecule has 1 N–H and O–H groups in total. The lowest BCUT2D eigenvalue weighted by molar-refractivity contribution is -0.117. The third-order valence-corrected chi connectivity index (χ3v) is 4.74. The average molecular weight is 399 g/mol. The van der Waals surface area contributed by atoms with Gasteiger partial charge in [-0.3, -0.25) is 9.20 Å². The van der Waals surface area contributed by atoms with Crippen LogP contribution in [0.1, 0.15) is 46.1 Å². The van der Waals surface area contributed by atoms with Gasteiger partial charge >= 0.3 is 0 Å². The van der Waals surface area contributed by atoms with Crippen LogP contribution in [-0.2, 0) is 4.79 Å². The fourth-order valence-electron chi connectivity index (χ4n) is 3.76. The Hall–Kier alpha value is -2.76. The summed E-state index contributed by atoms with van der Waals surface area (Å²) in [6, 6.07) is 7.66. The molecule has 6 heteroatoms. The third-order valence-electron chi connectivity index (χ3n) is 4.74. The highest BCUT2D eigenvalue weighted by molar-refractivity contribution is 5.94. The van der Waals surface area contributed by atoms with Gasteiger partial charge in [-0.2, -0.15) is 0 Å². The number of hydrogen-bond donors (Lipinski definition) is 1. The maximum atomic E-state index is 14.5. The molecule has 29 heavy (non-hydrogen) atoms. The van der Waals surface area contributed by atoms with Gasteiger partial charge in [0.25, 0.3) is 0 Å².